The summed E-state index contributed by atoms with van der Waals surface area (Å²) in [5.41, 5.74) is 3.57. The summed E-state index contributed by atoms with van der Waals surface area (Å²) in [6.07, 6.45) is 3.33. The number of fused-ring (bicyclic) bond motifs is 3. The van der Waals surface area contributed by atoms with Gasteiger partial charge in [-0.05, 0) is 102 Å². The largest absolute Gasteiger partial charge is 0.497 e. The Morgan fingerprint density at radius 2 is 1.64 bits per heavy atom. The van der Waals surface area contributed by atoms with E-state index in [4.69, 9.17) is 14.5 Å². The number of nitrogens with one attached hydrogen (secondary N) is 1. The molecule has 0 bridgehead atoms. The van der Waals surface area contributed by atoms with Crippen molar-refractivity contribution in [3.05, 3.63) is 140 Å². The van der Waals surface area contributed by atoms with E-state index in [9.17, 15) is 13.2 Å². The molecular formula is C43H39N3O5S2. The average molecular weight is 742 g/mol. The van der Waals surface area contributed by atoms with Gasteiger partial charge in [0.25, 0.3) is 5.24 Å². The molecule has 10 heteroatoms. The van der Waals surface area contributed by atoms with Crippen molar-refractivity contribution in [1.29, 1.82) is 0 Å². The third kappa shape index (κ3) is 7.02. The molecule has 0 saturated carbocycles. The summed E-state index contributed by atoms with van der Waals surface area (Å²) in [6, 6.07) is 38.3. The number of carbonyl (C=O) groups excluding carboxylic acids is 1. The van der Waals surface area contributed by atoms with E-state index < -0.39 is 10.0 Å². The molecule has 268 valence electrons. The monoisotopic (exact) mass is 741 g/mol. The van der Waals surface area contributed by atoms with E-state index in [0.717, 1.165) is 51.0 Å². The highest BCUT2D eigenvalue weighted by Crippen LogP contribution is 2.51. The first-order chi connectivity index (χ1) is 25.8. The van der Waals surface area contributed by atoms with E-state index in [2.05, 4.69) is 17.4 Å². The molecule has 5 aromatic carbocycles. The first kappa shape index (κ1) is 34.9. The fourth-order valence-corrected chi connectivity index (χ4v) is 10.3. The lowest BCUT2D eigenvalue weighted by molar-refractivity contribution is 0.135. The van der Waals surface area contributed by atoms with Crippen molar-refractivity contribution in [3.8, 4) is 28.5 Å². The number of methoxy groups -OCH3 is 1. The number of piperidine rings is 1. The summed E-state index contributed by atoms with van der Waals surface area (Å²) in [6.45, 7) is 4.94. The Bertz CT molecular complexity index is 2420. The van der Waals surface area contributed by atoms with Gasteiger partial charge in [0.1, 0.15) is 17.2 Å². The van der Waals surface area contributed by atoms with Gasteiger partial charge in [-0.3, -0.25) is 4.79 Å². The number of amides is 1. The highest BCUT2D eigenvalue weighted by molar-refractivity contribution is 8.14. The van der Waals surface area contributed by atoms with Crippen molar-refractivity contribution in [3.63, 3.8) is 0 Å². The number of nitrogens with zero attached hydrogens (tertiary/aromatic N) is 2. The van der Waals surface area contributed by atoms with E-state index in [-0.39, 0.29) is 39.8 Å². The fraction of sp³-hybridized carbons (Fsp3) is 0.209. The second-order valence-electron chi connectivity index (χ2n) is 13.5. The quantitative estimate of drug-likeness (QED) is 0.132. The van der Waals surface area contributed by atoms with Crippen LogP contribution in [0.3, 0.4) is 0 Å². The lowest BCUT2D eigenvalue weighted by Crippen LogP contribution is -2.44. The van der Waals surface area contributed by atoms with Crippen molar-refractivity contribution in [2.45, 2.75) is 29.0 Å². The Hall–Kier alpha value is -5.16. The van der Waals surface area contributed by atoms with Gasteiger partial charge < -0.3 is 14.4 Å². The Morgan fingerprint density at radius 3 is 2.43 bits per heavy atom. The fourth-order valence-electron chi connectivity index (χ4n) is 7.67. The molecular weight excluding hydrogens is 703 g/mol. The van der Waals surface area contributed by atoms with Gasteiger partial charge >= 0.3 is 0 Å². The van der Waals surface area contributed by atoms with Gasteiger partial charge in [-0.2, -0.15) is 0 Å². The van der Waals surface area contributed by atoms with Crippen molar-refractivity contribution in [2.24, 2.45) is 11.8 Å². The molecule has 2 saturated heterocycles. The molecule has 3 heterocycles. The zero-order chi connectivity index (χ0) is 36.5. The van der Waals surface area contributed by atoms with Crippen LogP contribution in [0.4, 0.5) is 4.79 Å². The Kier molecular flexibility index (Phi) is 9.68. The van der Waals surface area contributed by atoms with Crippen LogP contribution in [0.2, 0.25) is 0 Å². The smallest absolute Gasteiger partial charge is 0.282 e. The number of ether oxygens (including phenoxy) is 2. The minimum Gasteiger partial charge on any atom is -0.497 e. The van der Waals surface area contributed by atoms with Crippen LogP contribution in [0.15, 0.2) is 139 Å². The number of sulfonamides is 1. The minimum absolute atomic E-state index is 0.0575. The number of thioether (sulfide) groups is 1. The summed E-state index contributed by atoms with van der Waals surface area (Å²) in [4.78, 5) is 20.9. The summed E-state index contributed by atoms with van der Waals surface area (Å²) >= 11 is 1.36. The van der Waals surface area contributed by atoms with Gasteiger partial charge in [0, 0.05) is 35.5 Å². The Morgan fingerprint density at radius 1 is 0.906 bits per heavy atom. The number of hydrogen-bond acceptors (Lipinski definition) is 7. The number of aromatic nitrogens is 1. The van der Waals surface area contributed by atoms with Crippen molar-refractivity contribution in [2.75, 3.05) is 20.2 Å². The molecule has 8 nitrogen and oxygen atoms in total. The average Bonchev–Trinajstić information content (AvgIpc) is 3.52. The SMILES string of the molecule is C=C[C@@H](CNS(=O)(=O)c1cccc2ccccc12)[C@H]1CCN2C(=O)S[C@@H](c3cc(-c4ccc(Oc5ccccc5)cc4)nc4ccc(OC)cc34)[C@@H]2C1. The maximum Gasteiger partial charge on any atom is 0.282 e. The van der Waals surface area contributed by atoms with E-state index in [1.807, 2.05) is 114 Å². The Labute approximate surface area is 313 Å². The van der Waals surface area contributed by atoms with Crippen LogP contribution in [0.5, 0.6) is 17.2 Å². The van der Waals surface area contributed by atoms with E-state index >= 15 is 0 Å². The molecule has 0 aliphatic carbocycles. The second-order valence-corrected chi connectivity index (χ2v) is 16.3. The van der Waals surface area contributed by atoms with E-state index in [1.54, 1.807) is 19.2 Å². The number of para-hydroxylation sites is 1. The summed E-state index contributed by atoms with van der Waals surface area (Å²) in [5.74, 6) is 2.21. The molecule has 8 rings (SSSR count). The maximum atomic E-state index is 13.6. The summed E-state index contributed by atoms with van der Waals surface area (Å²) < 4.78 is 41.8. The lowest BCUT2D eigenvalue weighted by atomic mass is 9.79. The van der Waals surface area contributed by atoms with Crippen molar-refractivity contribution in [1.82, 2.24) is 14.6 Å². The molecule has 4 atom stereocenters. The molecule has 2 aliphatic heterocycles. The minimum atomic E-state index is -3.78. The number of pyridine rings is 1. The molecule has 6 aromatic rings. The topological polar surface area (TPSA) is 97.8 Å². The third-order valence-electron chi connectivity index (χ3n) is 10.4. The highest BCUT2D eigenvalue weighted by atomic mass is 32.2. The summed E-state index contributed by atoms with van der Waals surface area (Å²) in [7, 11) is -2.14. The van der Waals surface area contributed by atoms with Crippen LogP contribution in [0, 0.1) is 11.8 Å². The van der Waals surface area contributed by atoms with Crippen LogP contribution in [-0.2, 0) is 10.0 Å². The highest BCUT2D eigenvalue weighted by Gasteiger charge is 2.46. The van der Waals surface area contributed by atoms with Crippen LogP contribution in [-0.4, -0.2) is 49.8 Å². The zero-order valence-electron chi connectivity index (χ0n) is 29.2. The molecule has 0 radical (unpaired) electrons. The molecule has 1 amide bonds. The van der Waals surface area contributed by atoms with Gasteiger partial charge in [0.15, 0.2) is 0 Å². The van der Waals surface area contributed by atoms with Crippen LogP contribution in [0.25, 0.3) is 32.9 Å². The maximum absolute atomic E-state index is 13.6. The van der Waals surface area contributed by atoms with Crippen molar-refractivity contribution < 1.29 is 22.7 Å². The van der Waals surface area contributed by atoms with Crippen LogP contribution < -0.4 is 14.2 Å². The molecule has 2 aliphatic rings. The van der Waals surface area contributed by atoms with Crippen molar-refractivity contribution >= 4 is 48.7 Å². The molecule has 2 fully saturated rings. The molecule has 1 aromatic heterocycles. The van der Waals surface area contributed by atoms with Gasteiger partial charge in [-0.25, -0.2) is 18.1 Å². The normalized spacial score (nSPS) is 19.2. The first-order valence-electron chi connectivity index (χ1n) is 17.7. The number of hydrogen-bond donors (Lipinski definition) is 1. The first-order valence-corrected chi connectivity index (χ1v) is 20.1. The summed E-state index contributed by atoms with van der Waals surface area (Å²) in [5, 5.41) is 2.39. The van der Waals surface area contributed by atoms with Crippen LogP contribution in [0.1, 0.15) is 23.7 Å². The predicted molar refractivity (Wildman–Crippen MR) is 212 cm³/mol. The van der Waals surface area contributed by atoms with Gasteiger partial charge in [-0.15, -0.1) is 6.58 Å². The van der Waals surface area contributed by atoms with E-state index in [0.29, 0.717) is 24.1 Å². The predicted octanol–water partition coefficient (Wildman–Crippen LogP) is 9.63. The van der Waals surface area contributed by atoms with Gasteiger partial charge in [0.2, 0.25) is 10.0 Å². The third-order valence-corrected chi connectivity index (χ3v) is 13.2. The second kappa shape index (κ2) is 14.7. The van der Waals surface area contributed by atoms with Crippen LogP contribution >= 0.6 is 11.8 Å². The van der Waals surface area contributed by atoms with Gasteiger partial charge in [0.05, 0.1) is 28.5 Å². The Balaban J connectivity index is 1.07. The molecule has 53 heavy (non-hydrogen) atoms. The number of rotatable bonds is 11. The van der Waals surface area contributed by atoms with E-state index in [1.165, 1.54) is 11.8 Å². The van der Waals surface area contributed by atoms with Gasteiger partial charge in [-0.1, -0.05) is 72.4 Å². The zero-order valence-corrected chi connectivity index (χ0v) is 30.9. The lowest BCUT2D eigenvalue weighted by Gasteiger charge is -2.39. The number of carbonyl (C=O) groups is 1. The molecule has 0 unspecified atom stereocenters. The number of benzene rings is 5. The standard InChI is InChI=1S/C43H39N3O5S2/c1-3-28(27-44-53(48,49)41-15-9-11-29-10-7-8-14-35(29)41)31-22-23-46-40(24-31)42(52-43(46)47)37-26-39(45-38-21-20-34(50-2)25-36(37)38)30-16-18-33(19-17-30)51-32-12-5-4-6-13-32/h3-21,25-26,28,31,40,42,44H,1,22-24,27H2,2H3/t28-,31-,40-,42-/m0/s1. The molecule has 0 spiro atoms. The molecule has 1 N–H and O–H groups in total.